The zero-order chi connectivity index (χ0) is 8.43. The van der Waals surface area contributed by atoms with Gasteiger partial charge in [-0.15, -0.1) is 0 Å². The number of carbonyl (C=O) groups is 1. The van der Waals surface area contributed by atoms with Crippen molar-refractivity contribution >= 4 is 5.91 Å². The van der Waals surface area contributed by atoms with E-state index in [1.807, 2.05) is 13.8 Å². The molecule has 3 nitrogen and oxygen atoms in total. The summed E-state index contributed by atoms with van der Waals surface area (Å²) in [7, 11) is 1.58. The van der Waals surface area contributed by atoms with E-state index in [1.165, 1.54) is 6.08 Å². The molecule has 0 fully saturated rings. The van der Waals surface area contributed by atoms with Gasteiger partial charge in [-0.2, -0.15) is 0 Å². The summed E-state index contributed by atoms with van der Waals surface area (Å²) in [6, 6.07) is 0.0625. The van der Waals surface area contributed by atoms with Crippen LogP contribution in [0.3, 0.4) is 0 Å². The summed E-state index contributed by atoms with van der Waals surface area (Å²) >= 11 is 0. The summed E-state index contributed by atoms with van der Waals surface area (Å²) in [6.45, 7) is 4.09. The van der Waals surface area contributed by atoms with E-state index >= 15 is 0 Å². The minimum atomic E-state index is -0.0550. The lowest BCUT2D eigenvalue weighted by atomic mass is 10.0. The monoisotopic (exact) mass is 155 g/mol. The Balaban J connectivity index is 2.71. The number of methoxy groups -OCH3 is 1. The third kappa shape index (κ3) is 1.53. The van der Waals surface area contributed by atoms with Gasteiger partial charge in [0.2, 0.25) is 5.91 Å². The number of ether oxygens (including phenoxy) is 1. The van der Waals surface area contributed by atoms with Crippen molar-refractivity contribution in [1.82, 2.24) is 5.32 Å². The Morgan fingerprint density at radius 1 is 1.64 bits per heavy atom. The van der Waals surface area contributed by atoms with Gasteiger partial charge in [0.25, 0.3) is 0 Å². The molecular formula is C8H13NO2. The van der Waals surface area contributed by atoms with Gasteiger partial charge in [-0.25, -0.2) is 0 Å². The first-order valence-electron chi connectivity index (χ1n) is 3.71. The first-order chi connectivity index (χ1) is 5.15. The number of hydrogen-bond donors (Lipinski definition) is 1. The van der Waals surface area contributed by atoms with E-state index in [0.29, 0.717) is 5.92 Å². The van der Waals surface area contributed by atoms with Crippen molar-refractivity contribution in [3.63, 3.8) is 0 Å². The number of amides is 1. The molecule has 0 bridgehead atoms. The topological polar surface area (TPSA) is 38.3 Å². The minimum Gasteiger partial charge on any atom is -0.499 e. The van der Waals surface area contributed by atoms with E-state index in [1.54, 1.807) is 7.11 Å². The van der Waals surface area contributed by atoms with Gasteiger partial charge in [0, 0.05) is 6.08 Å². The number of nitrogens with one attached hydrogen (secondary N) is 1. The maximum atomic E-state index is 10.9. The molecule has 1 rings (SSSR count). The molecule has 62 valence electrons. The number of hydrogen-bond acceptors (Lipinski definition) is 2. The van der Waals surface area contributed by atoms with Gasteiger partial charge in [0.15, 0.2) is 0 Å². The molecule has 0 spiro atoms. The van der Waals surface area contributed by atoms with E-state index in [0.717, 1.165) is 5.76 Å². The molecule has 0 aromatic carbocycles. The lowest BCUT2D eigenvalue weighted by Crippen LogP contribution is -2.33. The molecule has 0 radical (unpaired) electrons. The van der Waals surface area contributed by atoms with Gasteiger partial charge >= 0.3 is 0 Å². The first-order valence-corrected chi connectivity index (χ1v) is 3.71. The highest BCUT2D eigenvalue weighted by Crippen LogP contribution is 2.16. The average Bonchev–Trinajstić information content (AvgIpc) is 2.30. The fourth-order valence-electron chi connectivity index (χ4n) is 1.17. The zero-order valence-corrected chi connectivity index (χ0v) is 7.05. The van der Waals surface area contributed by atoms with Crippen molar-refractivity contribution in [2.45, 2.75) is 19.9 Å². The Morgan fingerprint density at radius 2 is 2.27 bits per heavy atom. The number of rotatable bonds is 2. The second-order valence-electron chi connectivity index (χ2n) is 2.98. The first kappa shape index (κ1) is 8.11. The van der Waals surface area contributed by atoms with Crippen LogP contribution in [0, 0.1) is 5.92 Å². The summed E-state index contributed by atoms with van der Waals surface area (Å²) in [5.41, 5.74) is 0. The van der Waals surface area contributed by atoms with Crippen LogP contribution in [0.2, 0.25) is 0 Å². The molecule has 1 N–H and O–H groups in total. The van der Waals surface area contributed by atoms with Crippen molar-refractivity contribution in [2.24, 2.45) is 5.92 Å². The predicted octanol–water partition coefficient (Wildman–Crippen LogP) is 0.671. The van der Waals surface area contributed by atoms with Crippen LogP contribution in [0.15, 0.2) is 11.8 Å². The summed E-state index contributed by atoms with van der Waals surface area (Å²) in [6.07, 6.45) is 1.50. The maximum Gasteiger partial charge on any atom is 0.248 e. The molecule has 3 heteroatoms. The highest BCUT2D eigenvalue weighted by molar-refractivity contribution is 5.91. The van der Waals surface area contributed by atoms with E-state index < -0.39 is 0 Å². The molecule has 0 aliphatic carbocycles. The summed E-state index contributed by atoms with van der Waals surface area (Å²) in [5.74, 6) is 1.07. The lowest BCUT2D eigenvalue weighted by molar-refractivity contribution is -0.116. The van der Waals surface area contributed by atoms with Crippen LogP contribution in [0.4, 0.5) is 0 Å². The van der Waals surface area contributed by atoms with Crippen molar-refractivity contribution in [2.75, 3.05) is 7.11 Å². The van der Waals surface area contributed by atoms with Gasteiger partial charge in [-0.05, 0) is 5.92 Å². The Morgan fingerprint density at radius 3 is 2.64 bits per heavy atom. The van der Waals surface area contributed by atoms with Crippen LogP contribution in [-0.2, 0) is 9.53 Å². The quantitative estimate of drug-likeness (QED) is 0.636. The second kappa shape index (κ2) is 2.95. The van der Waals surface area contributed by atoms with Crippen LogP contribution in [0.1, 0.15) is 13.8 Å². The molecule has 1 amide bonds. The van der Waals surface area contributed by atoms with Gasteiger partial charge in [-0.3, -0.25) is 4.79 Å². The normalized spacial score (nSPS) is 23.5. The van der Waals surface area contributed by atoms with E-state index in [9.17, 15) is 4.79 Å². The molecule has 11 heavy (non-hydrogen) atoms. The molecule has 0 saturated carbocycles. The molecule has 0 aromatic heterocycles. The molecule has 1 aliphatic heterocycles. The Labute approximate surface area is 66.4 Å². The highest BCUT2D eigenvalue weighted by atomic mass is 16.5. The van der Waals surface area contributed by atoms with Crippen molar-refractivity contribution in [1.29, 1.82) is 0 Å². The SMILES string of the molecule is COC1=CC(=O)N[C@H]1C(C)C. The van der Waals surface area contributed by atoms with Crippen LogP contribution >= 0.6 is 0 Å². The van der Waals surface area contributed by atoms with Gasteiger partial charge < -0.3 is 10.1 Å². The second-order valence-corrected chi connectivity index (χ2v) is 2.98. The van der Waals surface area contributed by atoms with E-state index in [4.69, 9.17) is 4.74 Å². The lowest BCUT2D eigenvalue weighted by Gasteiger charge is -2.17. The maximum absolute atomic E-state index is 10.9. The fourth-order valence-corrected chi connectivity index (χ4v) is 1.17. The van der Waals surface area contributed by atoms with Gasteiger partial charge in [0.1, 0.15) is 5.76 Å². The average molecular weight is 155 g/mol. The third-order valence-corrected chi connectivity index (χ3v) is 1.78. The van der Waals surface area contributed by atoms with Crippen LogP contribution in [0.25, 0.3) is 0 Å². The van der Waals surface area contributed by atoms with Gasteiger partial charge in [-0.1, -0.05) is 13.8 Å². The van der Waals surface area contributed by atoms with E-state index in [2.05, 4.69) is 5.32 Å². The molecular weight excluding hydrogens is 142 g/mol. The zero-order valence-electron chi connectivity index (χ0n) is 7.05. The van der Waals surface area contributed by atoms with E-state index in [-0.39, 0.29) is 11.9 Å². The van der Waals surface area contributed by atoms with Gasteiger partial charge in [0.05, 0.1) is 13.2 Å². The minimum absolute atomic E-state index is 0.0550. The Hall–Kier alpha value is -0.990. The van der Waals surface area contributed by atoms with Crippen LogP contribution < -0.4 is 5.32 Å². The van der Waals surface area contributed by atoms with Crippen LogP contribution in [0.5, 0.6) is 0 Å². The molecule has 1 aliphatic rings. The molecule has 1 heterocycles. The highest BCUT2D eigenvalue weighted by Gasteiger charge is 2.26. The fraction of sp³-hybridized carbons (Fsp3) is 0.625. The van der Waals surface area contributed by atoms with Crippen molar-refractivity contribution in [3.05, 3.63) is 11.8 Å². The Kier molecular flexibility index (Phi) is 2.17. The predicted molar refractivity (Wildman–Crippen MR) is 41.9 cm³/mol. The van der Waals surface area contributed by atoms with Crippen LogP contribution in [-0.4, -0.2) is 19.1 Å². The summed E-state index contributed by atoms with van der Waals surface area (Å²) < 4.78 is 5.03. The molecule has 0 unspecified atom stereocenters. The van der Waals surface area contributed by atoms with Crippen molar-refractivity contribution in [3.8, 4) is 0 Å². The standard InChI is InChI=1S/C8H13NO2/c1-5(2)8-6(11-3)4-7(10)9-8/h4-5,8H,1-3H3,(H,9,10)/t8-/m0/s1. The molecule has 0 saturated heterocycles. The third-order valence-electron chi connectivity index (χ3n) is 1.78. The van der Waals surface area contributed by atoms with Crippen molar-refractivity contribution < 1.29 is 9.53 Å². The largest absolute Gasteiger partial charge is 0.499 e. The number of carbonyl (C=O) groups excluding carboxylic acids is 1. The Bertz CT molecular complexity index is 196. The smallest absolute Gasteiger partial charge is 0.248 e. The summed E-state index contributed by atoms with van der Waals surface area (Å²) in [4.78, 5) is 10.9. The molecule has 0 aromatic rings. The molecule has 1 atom stereocenters. The summed E-state index contributed by atoms with van der Waals surface area (Å²) in [5, 5.41) is 2.80.